The van der Waals surface area contributed by atoms with Crippen LogP contribution in [0.15, 0.2) is 67.0 Å². The number of alkyl halides is 8. The zero-order valence-corrected chi connectivity index (χ0v) is 43.0. The molecule has 2 bridgehead atoms. The largest absolute Gasteiger partial charge is 0.453 e. The monoisotopic (exact) mass is 1120 g/mol. The van der Waals surface area contributed by atoms with E-state index in [0.717, 1.165) is 58.8 Å². The van der Waals surface area contributed by atoms with Crippen LogP contribution in [-0.2, 0) is 36.8 Å². The Morgan fingerprint density at radius 1 is 0.821 bits per heavy atom. The number of nitrogens with zero attached hydrogens (tertiary/aromatic N) is 4. The summed E-state index contributed by atoms with van der Waals surface area (Å²) in [6.45, 7) is -0.0281. The number of allylic oxidation sites excluding steroid dienone is 1. The third kappa shape index (κ3) is 14.1. The Morgan fingerprint density at radius 3 is 1.83 bits per heavy atom. The number of pyridine rings is 1. The highest BCUT2D eigenvalue weighted by Crippen LogP contribution is 2.42. The number of carbonyl (C=O) groups excluding carboxylic acids is 4. The van der Waals surface area contributed by atoms with Gasteiger partial charge >= 0.3 is 31.1 Å². The number of piperidine rings is 1. The number of hydrogen-bond acceptors (Lipinski definition) is 14. The second-order valence-corrected chi connectivity index (χ2v) is 20.1. The highest BCUT2D eigenvalue weighted by Gasteiger charge is 2.57. The van der Waals surface area contributed by atoms with Crippen LogP contribution in [0.4, 0.5) is 59.3 Å². The molecule has 2 aromatic carbocycles. The fraction of sp³-hybridized carbons (Fsp3) is 0.520. The summed E-state index contributed by atoms with van der Waals surface area (Å²) < 4.78 is 159. The van der Waals surface area contributed by atoms with Gasteiger partial charge in [0, 0.05) is 67.3 Å². The van der Waals surface area contributed by atoms with Crippen molar-refractivity contribution in [2.75, 3.05) is 52.0 Å². The number of nitrogens with one attached hydrogen (secondary N) is 6. The topological polar surface area (TPSA) is 223 Å². The molecule has 0 radical (unpaired) electrons. The predicted molar refractivity (Wildman–Crippen MR) is 261 cm³/mol. The first kappa shape index (κ1) is 60.4. The maximum absolute atomic E-state index is 15.9. The minimum atomic E-state index is -5.23. The summed E-state index contributed by atoms with van der Waals surface area (Å²) in [6.07, 6.45) is -11.9. The van der Waals surface area contributed by atoms with Gasteiger partial charge in [-0.25, -0.2) is 28.4 Å². The van der Waals surface area contributed by atoms with Crippen molar-refractivity contribution in [1.82, 2.24) is 41.6 Å². The van der Waals surface area contributed by atoms with Crippen LogP contribution in [0.3, 0.4) is 0 Å². The molecule has 428 valence electrons. The highest BCUT2D eigenvalue weighted by molar-refractivity contribution is 6.06. The summed E-state index contributed by atoms with van der Waals surface area (Å²) in [5.41, 5.74) is -4.64. The van der Waals surface area contributed by atoms with E-state index in [1.807, 2.05) is 22.9 Å². The van der Waals surface area contributed by atoms with Gasteiger partial charge in [0.25, 0.3) is 5.91 Å². The highest BCUT2D eigenvalue weighted by atomic mass is 19.4. The zero-order valence-electron chi connectivity index (χ0n) is 43.0. The fourth-order valence-electron chi connectivity index (χ4n) is 9.15. The number of halogens is 10. The number of hydrogen-bond donors (Lipinski definition) is 7. The van der Waals surface area contributed by atoms with Gasteiger partial charge in [-0.1, -0.05) is 24.3 Å². The summed E-state index contributed by atoms with van der Waals surface area (Å²) in [6, 6.07) is 5.71. The third-order valence-electron chi connectivity index (χ3n) is 14.2. The van der Waals surface area contributed by atoms with Gasteiger partial charge in [0.2, 0.25) is 5.91 Å². The van der Waals surface area contributed by atoms with Gasteiger partial charge in [-0.15, -0.1) is 0 Å². The van der Waals surface area contributed by atoms with Crippen molar-refractivity contribution in [2.45, 2.75) is 108 Å². The molecular formula is C50H60F10N10O8. The first-order valence-electron chi connectivity index (χ1n) is 24.2. The van der Waals surface area contributed by atoms with Crippen molar-refractivity contribution >= 4 is 35.5 Å². The van der Waals surface area contributed by atoms with Crippen LogP contribution >= 0.6 is 0 Å². The number of piperazine rings is 1. The van der Waals surface area contributed by atoms with Gasteiger partial charge in [0.15, 0.2) is 0 Å². The van der Waals surface area contributed by atoms with Crippen molar-refractivity contribution < 1.29 is 82.4 Å². The SMILES string of the molecule is COC(=O)N[C@H](C(=O)N[C@@H](Cc1ccc(-c2ccc(N3CC4CC(C3)N4C3COC3)nc2)cc1)[C@@H](O)CN(Cc1c(F)cc(C(=N)/C=C\NC(F)F)cc1F)NC(=O)[C@@H](NC(=O)OC)C(C)(C)C(F)(F)F)C(C)(C)C(F)(F)F. The van der Waals surface area contributed by atoms with Gasteiger partial charge < -0.3 is 50.9 Å². The number of aliphatic hydroxyl groups is 1. The second kappa shape index (κ2) is 24.5. The molecule has 1 aromatic heterocycles. The average Bonchev–Trinajstić information content (AvgIpc) is 3.55. The fourth-order valence-corrected chi connectivity index (χ4v) is 9.15. The molecule has 4 amide bonds. The van der Waals surface area contributed by atoms with Gasteiger partial charge in [-0.2, -0.15) is 35.1 Å². The summed E-state index contributed by atoms with van der Waals surface area (Å²) >= 11 is 0. The van der Waals surface area contributed by atoms with E-state index in [4.69, 9.17) is 15.1 Å². The Labute approximate surface area is 441 Å². The van der Waals surface area contributed by atoms with Crippen LogP contribution in [0, 0.1) is 27.9 Å². The van der Waals surface area contributed by atoms with Crippen LogP contribution in [-0.4, -0.2) is 158 Å². The van der Waals surface area contributed by atoms with Gasteiger partial charge in [-0.05, 0) is 82.0 Å². The molecule has 0 aliphatic carbocycles. The molecule has 0 saturated carbocycles. The maximum Gasteiger partial charge on any atom is 0.407 e. The first-order chi connectivity index (χ1) is 36.4. The van der Waals surface area contributed by atoms with E-state index in [1.165, 1.54) is 0 Å². The molecule has 4 saturated heterocycles. The molecule has 4 fully saturated rings. The Hall–Kier alpha value is -6.78. The van der Waals surface area contributed by atoms with Crippen LogP contribution in [0.1, 0.15) is 50.8 Å². The van der Waals surface area contributed by atoms with E-state index < -0.39 is 126 Å². The van der Waals surface area contributed by atoms with Crippen molar-refractivity contribution in [3.05, 3.63) is 95.3 Å². The van der Waals surface area contributed by atoms with Crippen molar-refractivity contribution in [1.29, 1.82) is 5.41 Å². The molecule has 28 heteroatoms. The quantitative estimate of drug-likeness (QED) is 0.0269. The molecule has 0 spiro atoms. The molecular weight excluding hydrogens is 1060 g/mol. The van der Waals surface area contributed by atoms with E-state index in [-0.39, 0.29) is 0 Å². The number of carbonyl (C=O) groups is 4. The molecule has 7 N–H and O–H groups in total. The summed E-state index contributed by atoms with van der Waals surface area (Å²) in [7, 11) is 1.60. The van der Waals surface area contributed by atoms with E-state index >= 15 is 8.78 Å². The maximum atomic E-state index is 15.9. The number of ether oxygens (including phenoxy) is 3. The minimum absolute atomic E-state index is 0.298. The summed E-state index contributed by atoms with van der Waals surface area (Å²) in [4.78, 5) is 62.2. The molecule has 3 aromatic rings. The zero-order chi connectivity index (χ0) is 57.7. The van der Waals surface area contributed by atoms with Crippen LogP contribution in [0.2, 0.25) is 0 Å². The van der Waals surface area contributed by atoms with E-state index in [2.05, 4.69) is 24.6 Å². The number of rotatable bonds is 22. The second-order valence-electron chi connectivity index (χ2n) is 20.1. The molecule has 2 unspecified atom stereocenters. The molecule has 5 heterocycles. The summed E-state index contributed by atoms with van der Waals surface area (Å²) in [5.74, 6) is -5.39. The number of aromatic nitrogens is 1. The number of benzene rings is 2. The molecule has 7 rings (SSSR count). The molecule has 4 aliphatic rings. The van der Waals surface area contributed by atoms with Gasteiger partial charge in [-0.3, -0.25) is 19.9 Å². The molecule has 18 nitrogen and oxygen atoms in total. The number of amides is 4. The van der Waals surface area contributed by atoms with Crippen molar-refractivity contribution in [2.24, 2.45) is 10.8 Å². The molecule has 4 aliphatic heterocycles. The third-order valence-corrected chi connectivity index (χ3v) is 14.2. The number of anilines is 1. The van der Waals surface area contributed by atoms with Crippen LogP contribution in [0.5, 0.6) is 0 Å². The van der Waals surface area contributed by atoms with E-state index in [9.17, 15) is 59.4 Å². The smallest absolute Gasteiger partial charge is 0.407 e. The molecule has 78 heavy (non-hydrogen) atoms. The minimum Gasteiger partial charge on any atom is -0.453 e. The number of fused-ring (bicyclic) bond motifs is 2. The lowest BCUT2D eigenvalue weighted by Gasteiger charge is -2.60. The summed E-state index contributed by atoms with van der Waals surface area (Å²) in [5, 5.41) is 28.1. The predicted octanol–water partition coefficient (Wildman–Crippen LogP) is 5.93. The van der Waals surface area contributed by atoms with Crippen LogP contribution in [0.25, 0.3) is 11.1 Å². The van der Waals surface area contributed by atoms with Gasteiger partial charge in [0.05, 0.1) is 62.2 Å². The number of alkyl carbamates (subject to hydrolysis) is 2. The Bertz CT molecular complexity index is 2620. The number of hydrazine groups is 1. The van der Waals surface area contributed by atoms with Crippen molar-refractivity contribution in [3.63, 3.8) is 0 Å². The number of aliphatic hydroxyl groups excluding tert-OH is 1. The Morgan fingerprint density at radius 2 is 1.36 bits per heavy atom. The number of methoxy groups -OCH3 is 2. The Balaban J connectivity index is 1.33. The average molecular weight is 1120 g/mol. The lowest BCUT2D eigenvalue weighted by molar-refractivity contribution is -0.221. The van der Waals surface area contributed by atoms with Crippen molar-refractivity contribution in [3.8, 4) is 11.1 Å². The standard InChI is InChI=1S/C50H60F10N10O8/c1-47(2,49(55,56)57)40(65-45(74)76-5)42(72)64-37(15-26-7-9-27(10-8-26)28-11-12-39(63-19-28)68-20-30-18-31(21-68)70(30)32-24-78-25-32)38(71)23-69(67-43(73)41(66-46(75)77-6)48(3,4)50(58,59)60)22-33-34(51)16-29(17-35(33)52)36(61)13-14-62-44(53)54/h7-14,16-17,19,30-32,37-38,40-41,44,61-62,71H,15,18,20-25H2,1-6H3,(H,64,72)(H,65,74)(H,66,75)(H,67,73)/b14-13-,61-36?/t30?,31?,37-,38-,40+,41+/m0/s1. The lowest BCUT2D eigenvalue weighted by atomic mass is 9.82. The van der Waals surface area contributed by atoms with Gasteiger partial charge in [0.1, 0.15) is 29.5 Å². The normalized spacial score (nSPS) is 18.8. The lowest BCUT2D eigenvalue weighted by Crippen LogP contribution is -2.74. The Kier molecular flexibility index (Phi) is 19.0. The van der Waals surface area contributed by atoms with E-state index in [0.29, 0.717) is 85.9 Å². The van der Waals surface area contributed by atoms with E-state index in [1.54, 1.807) is 41.1 Å². The first-order valence-corrected chi connectivity index (χ1v) is 24.2. The van der Waals surface area contributed by atoms with Crippen LogP contribution < -0.4 is 31.6 Å². The molecule has 6 atom stereocenters.